The molecule has 0 radical (unpaired) electrons. The predicted molar refractivity (Wildman–Crippen MR) is 95.3 cm³/mol. The number of hydrogen-bond donors (Lipinski definition) is 2. The van der Waals surface area contributed by atoms with Crippen LogP contribution >= 0.6 is 11.6 Å². The molecule has 25 heavy (non-hydrogen) atoms. The molecule has 5 nitrogen and oxygen atoms in total. The number of rotatable bonds is 5. The van der Waals surface area contributed by atoms with Gasteiger partial charge in [0.05, 0.1) is 5.02 Å². The molecule has 0 bridgehead atoms. The van der Waals surface area contributed by atoms with Gasteiger partial charge in [-0.15, -0.1) is 0 Å². The van der Waals surface area contributed by atoms with Crippen LogP contribution in [-0.4, -0.2) is 11.8 Å². The molecule has 1 heterocycles. The van der Waals surface area contributed by atoms with Crippen molar-refractivity contribution in [3.05, 3.63) is 82.6 Å². The van der Waals surface area contributed by atoms with Crippen molar-refractivity contribution >= 4 is 23.4 Å². The van der Waals surface area contributed by atoms with Crippen LogP contribution in [0, 0.1) is 0 Å². The fourth-order valence-corrected chi connectivity index (χ4v) is 2.60. The first-order valence-corrected chi connectivity index (χ1v) is 7.94. The Bertz CT molecular complexity index is 934. The summed E-state index contributed by atoms with van der Waals surface area (Å²) in [5.41, 5.74) is 7.13. The number of primary amides is 1. The van der Waals surface area contributed by atoms with Gasteiger partial charge in [-0.2, -0.15) is 0 Å². The Balaban J connectivity index is 1.69. The number of halogens is 1. The zero-order valence-corrected chi connectivity index (χ0v) is 13.9. The van der Waals surface area contributed by atoms with E-state index in [1.807, 2.05) is 18.2 Å². The average Bonchev–Trinajstić information content (AvgIpc) is 3.10. The maximum Gasteiger partial charge on any atom is 0.287 e. The fourth-order valence-electron chi connectivity index (χ4n) is 2.37. The second-order valence-corrected chi connectivity index (χ2v) is 5.80. The molecule has 2 aromatic carbocycles. The number of benzene rings is 2. The lowest BCUT2D eigenvalue weighted by atomic mass is 10.1. The highest BCUT2D eigenvalue weighted by atomic mass is 35.5. The van der Waals surface area contributed by atoms with Crippen LogP contribution in [0.5, 0.6) is 0 Å². The zero-order chi connectivity index (χ0) is 17.8. The van der Waals surface area contributed by atoms with Crippen LogP contribution in [-0.2, 0) is 6.54 Å². The second kappa shape index (κ2) is 7.23. The van der Waals surface area contributed by atoms with E-state index in [-0.39, 0.29) is 18.2 Å². The Morgan fingerprint density at radius 3 is 2.60 bits per heavy atom. The van der Waals surface area contributed by atoms with Gasteiger partial charge >= 0.3 is 0 Å². The normalized spacial score (nSPS) is 10.4. The van der Waals surface area contributed by atoms with Crippen LogP contribution < -0.4 is 11.1 Å². The second-order valence-electron chi connectivity index (χ2n) is 5.39. The Labute approximate surface area is 149 Å². The highest BCUT2D eigenvalue weighted by molar-refractivity contribution is 6.33. The summed E-state index contributed by atoms with van der Waals surface area (Å²) in [5.74, 6) is -0.168. The maximum absolute atomic E-state index is 12.2. The van der Waals surface area contributed by atoms with Crippen molar-refractivity contribution in [2.75, 3.05) is 0 Å². The molecule has 0 atom stereocenters. The minimum Gasteiger partial charge on any atom is -0.451 e. The summed E-state index contributed by atoms with van der Waals surface area (Å²) in [6, 6.07) is 17.3. The predicted octanol–water partition coefficient (Wildman–Crippen LogP) is 3.63. The van der Waals surface area contributed by atoms with Crippen LogP contribution in [0.3, 0.4) is 0 Å². The van der Waals surface area contributed by atoms with Gasteiger partial charge in [0.1, 0.15) is 5.76 Å². The quantitative estimate of drug-likeness (QED) is 0.733. The molecule has 0 spiro atoms. The Morgan fingerprint density at radius 1 is 1.04 bits per heavy atom. The van der Waals surface area contributed by atoms with Crippen LogP contribution in [0.4, 0.5) is 0 Å². The largest absolute Gasteiger partial charge is 0.451 e. The SMILES string of the molecule is NC(=O)c1cccc(CNC(=O)c2ccc(-c3ccccc3Cl)o2)c1. The summed E-state index contributed by atoms with van der Waals surface area (Å²) in [7, 11) is 0. The van der Waals surface area contributed by atoms with Gasteiger partial charge in [-0.05, 0) is 42.0 Å². The lowest BCUT2D eigenvalue weighted by Gasteiger charge is -2.05. The van der Waals surface area contributed by atoms with E-state index in [4.69, 9.17) is 21.8 Å². The van der Waals surface area contributed by atoms with E-state index < -0.39 is 5.91 Å². The number of carbonyl (C=O) groups is 2. The van der Waals surface area contributed by atoms with Crippen LogP contribution in [0.1, 0.15) is 26.5 Å². The summed E-state index contributed by atoms with van der Waals surface area (Å²) in [6.45, 7) is 0.252. The number of carbonyl (C=O) groups excluding carboxylic acids is 2. The Hall–Kier alpha value is -3.05. The summed E-state index contributed by atoms with van der Waals surface area (Å²) in [4.78, 5) is 23.4. The highest BCUT2D eigenvalue weighted by Crippen LogP contribution is 2.28. The third-order valence-corrected chi connectivity index (χ3v) is 3.96. The summed E-state index contributed by atoms with van der Waals surface area (Å²) in [5, 5.41) is 3.29. The molecule has 2 amide bonds. The molecule has 0 fully saturated rings. The molecule has 0 aliphatic rings. The van der Waals surface area contributed by atoms with Crippen molar-refractivity contribution in [1.82, 2.24) is 5.32 Å². The molecular formula is C19H15ClN2O3. The molecule has 0 aliphatic heterocycles. The minimum atomic E-state index is -0.511. The van der Waals surface area contributed by atoms with Crippen molar-refractivity contribution in [1.29, 1.82) is 0 Å². The maximum atomic E-state index is 12.2. The molecule has 126 valence electrons. The van der Waals surface area contributed by atoms with E-state index in [9.17, 15) is 9.59 Å². The molecule has 3 N–H and O–H groups in total. The van der Waals surface area contributed by atoms with E-state index in [0.717, 1.165) is 11.1 Å². The molecule has 0 saturated carbocycles. The van der Waals surface area contributed by atoms with Crippen LogP contribution in [0.25, 0.3) is 11.3 Å². The van der Waals surface area contributed by atoms with Gasteiger partial charge in [-0.1, -0.05) is 35.9 Å². The number of furan rings is 1. The van der Waals surface area contributed by atoms with E-state index in [0.29, 0.717) is 16.3 Å². The van der Waals surface area contributed by atoms with Crippen molar-refractivity contribution in [2.24, 2.45) is 5.73 Å². The van der Waals surface area contributed by atoms with Gasteiger partial charge < -0.3 is 15.5 Å². The molecule has 1 aromatic heterocycles. The van der Waals surface area contributed by atoms with E-state index in [2.05, 4.69) is 5.32 Å². The smallest absolute Gasteiger partial charge is 0.287 e. The number of amides is 2. The number of nitrogens with one attached hydrogen (secondary N) is 1. The first-order valence-electron chi connectivity index (χ1n) is 7.56. The lowest BCUT2D eigenvalue weighted by molar-refractivity contribution is 0.0923. The molecule has 0 aliphatic carbocycles. The van der Waals surface area contributed by atoms with Crippen molar-refractivity contribution in [2.45, 2.75) is 6.54 Å². The van der Waals surface area contributed by atoms with Crippen molar-refractivity contribution in [3.63, 3.8) is 0 Å². The molecule has 0 unspecified atom stereocenters. The van der Waals surface area contributed by atoms with Crippen LogP contribution in [0.15, 0.2) is 65.1 Å². The summed E-state index contributed by atoms with van der Waals surface area (Å²) in [6.07, 6.45) is 0. The lowest BCUT2D eigenvalue weighted by Crippen LogP contribution is -2.22. The zero-order valence-electron chi connectivity index (χ0n) is 13.2. The average molecular weight is 355 g/mol. The first-order chi connectivity index (χ1) is 12.0. The molecular weight excluding hydrogens is 340 g/mol. The van der Waals surface area contributed by atoms with Gasteiger partial charge in [0, 0.05) is 17.7 Å². The fraction of sp³-hybridized carbons (Fsp3) is 0.0526. The Kier molecular flexibility index (Phi) is 4.86. The van der Waals surface area contributed by atoms with Crippen LogP contribution in [0.2, 0.25) is 5.02 Å². The van der Waals surface area contributed by atoms with Gasteiger partial charge in [0.15, 0.2) is 5.76 Å². The number of hydrogen-bond acceptors (Lipinski definition) is 3. The molecule has 3 aromatic rings. The topological polar surface area (TPSA) is 85.3 Å². The van der Waals surface area contributed by atoms with E-state index in [1.54, 1.807) is 42.5 Å². The van der Waals surface area contributed by atoms with Crippen molar-refractivity contribution in [3.8, 4) is 11.3 Å². The van der Waals surface area contributed by atoms with E-state index >= 15 is 0 Å². The number of nitrogens with two attached hydrogens (primary N) is 1. The minimum absolute atomic E-state index is 0.181. The molecule has 6 heteroatoms. The first kappa shape index (κ1) is 16.8. The molecule has 3 rings (SSSR count). The molecule has 0 saturated heterocycles. The van der Waals surface area contributed by atoms with Gasteiger partial charge in [0.2, 0.25) is 5.91 Å². The van der Waals surface area contributed by atoms with Gasteiger partial charge in [0.25, 0.3) is 5.91 Å². The summed E-state index contributed by atoms with van der Waals surface area (Å²) >= 11 is 6.13. The third kappa shape index (κ3) is 3.89. The third-order valence-electron chi connectivity index (χ3n) is 3.63. The van der Waals surface area contributed by atoms with Crippen molar-refractivity contribution < 1.29 is 14.0 Å². The highest BCUT2D eigenvalue weighted by Gasteiger charge is 2.13. The van der Waals surface area contributed by atoms with Gasteiger partial charge in [-0.25, -0.2) is 0 Å². The van der Waals surface area contributed by atoms with Gasteiger partial charge in [-0.3, -0.25) is 9.59 Å². The Morgan fingerprint density at radius 2 is 1.84 bits per heavy atom. The standard InChI is InChI=1S/C19H15ClN2O3/c20-15-7-2-1-6-14(15)16-8-9-17(25-16)19(24)22-11-12-4-3-5-13(10-12)18(21)23/h1-10H,11H2,(H2,21,23)(H,22,24). The monoisotopic (exact) mass is 354 g/mol. The summed E-state index contributed by atoms with van der Waals surface area (Å²) < 4.78 is 5.59. The van der Waals surface area contributed by atoms with E-state index in [1.165, 1.54) is 0 Å².